The molecule has 0 saturated carbocycles. The Morgan fingerprint density at radius 1 is 1.35 bits per heavy atom. The Kier molecular flexibility index (Phi) is 6.40. The average Bonchev–Trinajstić information content (AvgIpc) is 2.64. The van der Waals surface area contributed by atoms with E-state index in [1.165, 1.54) is 0 Å². The highest BCUT2D eigenvalue weighted by Crippen LogP contribution is 2.22. The molecule has 5 nitrogen and oxygen atoms in total. The number of methoxy groups -OCH3 is 1. The largest absolute Gasteiger partial charge is 0.382 e. The zero-order valence-corrected chi connectivity index (χ0v) is 11.2. The third-order valence-corrected chi connectivity index (χ3v) is 4.92. The Hall–Kier alpha value is -0.170. The Balaban J connectivity index is 2.07. The van der Waals surface area contributed by atoms with Gasteiger partial charge in [0.15, 0.2) is 9.84 Å². The van der Waals surface area contributed by atoms with Gasteiger partial charge in [0.25, 0.3) is 0 Å². The van der Waals surface area contributed by atoms with E-state index in [9.17, 15) is 8.42 Å². The van der Waals surface area contributed by atoms with E-state index in [-0.39, 0.29) is 17.7 Å². The van der Waals surface area contributed by atoms with Crippen LogP contribution in [0.5, 0.6) is 0 Å². The normalized spacial score (nSPS) is 24.9. The van der Waals surface area contributed by atoms with Crippen molar-refractivity contribution in [2.45, 2.75) is 25.3 Å². The second-order valence-electron chi connectivity index (χ2n) is 4.57. The van der Waals surface area contributed by atoms with E-state index in [4.69, 9.17) is 15.2 Å². The molecule has 1 heterocycles. The molecule has 1 rings (SSSR count). The van der Waals surface area contributed by atoms with Crippen LogP contribution in [0.25, 0.3) is 0 Å². The van der Waals surface area contributed by atoms with Crippen molar-refractivity contribution in [1.82, 2.24) is 0 Å². The molecule has 0 amide bonds. The standard InChI is InChI=1S/C11H23NO4S/c1-15-6-7-16-5-2-3-11(12)10-4-8-17(13,14)9-10/h10-11H,2-9,12H2,1H3. The van der Waals surface area contributed by atoms with Gasteiger partial charge in [0.05, 0.1) is 24.7 Å². The van der Waals surface area contributed by atoms with Crippen LogP contribution >= 0.6 is 0 Å². The molecule has 6 heteroatoms. The number of hydrogen-bond donors (Lipinski definition) is 1. The van der Waals surface area contributed by atoms with Crippen LogP contribution in [0.4, 0.5) is 0 Å². The number of hydrogen-bond acceptors (Lipinski definition) is 5. The quantitative estimate of drug-likeness (QED) is 0.634. The van der Waals surface area contributed by atoms with Crippen LogP contribution in [0.1, 0.15) is 19.3 Å². The van der Waals surface area contributed by atoms with Crippen LogP contribution in [-0.4, -0.2) is 52.9 Å². The van der Waals surface area contributed by atoms with Crippen molar-refractivity contribution in [2.75, 3.05) is 38.4 Å². The molecule has 0 aromatic rings. The topological polar surface area (TPSA) is 78.6 Å². The van der Waals surface area contributed by atoms with Crippen LogP contribution in [-0.2, 0) is 19.3 Å². The maximum atomic E-state index is 11.3. The first kappa shape index (κ1) is 14.9. The van der Waals surface area contributed by atoms with Gasteiger partial charge in [-0.3, -0.25) is 0 Å². The molecule has 2 atom stereocenters. The minimum absolute atomic E-state index is 0.0155. The SMILES string of the molecule is COCCOCCCC(N)C1CCS(=O)(=O)C1. The van der Waals surface area contributed by atoms with E-state index in [2.05, 4.69) is 0 Å². The lowest BCUT2D eigenvalue weighted by Gasteiger charge is -2.17. The molecule has 0 aromatic carbocycles. The summed E-state index contributed by atoms with van der Waals surface area (Å²) in [5, 5.41) is 0. The van der Waals surface area contributed by atoms with Gasteiger partial charge in [-0.1, -0.05) is 0 Å². The van der Waals surface area contributed by atoms with Crippen LogP contribution in [0.2, 0.25) is 0 Å². The lowest BCUT2D eigenvalue weighted by Crippen LogP contribution is -2.31. The summed E-state index contributed by atoms with van der Waals surface area (Å²) in [6, 6.07) is -0.0155. The summed E-state index contributed by atoms with van der Waals surface area (Å²) in [7, 11) is -1.17. The van der Waals surface area contributed by atoms with E-state index in [1.54, 1.807) is 7.11 Å². The van der Waals surface area contributed by atoms with Crippen molar-refractivity contribution < 1.29 is 17.9 Å². The minimum Gasteiger partial charge on any atom is -0.382 e. The van der Waals surface area contributed by atoms with Gasteiger partial charge in [-0.15, -0.1) is 0 Å². The van der Waals surface area contributed by atoms with Gasteiger partial charge in [-0.05, 0) is 25.2 Å². The molecule has 0 bridgehead atoms. The van der Waals surface area contributed by atoms with Crippen LogP contribution in [0, 0.1) is 5.92 Å². The molecule has 1 saturated heterocycles. The van der Waals surface area contributed by atoms with E-state index < -0.39 is 9.84 Å². The van der Waals surface area contributed by atoms with Crippen molar-refractivity contribution in [3.8, 4) is 0 Å². The van der Waals surface area contributed by atoms with Crippen molar-refractivity contribution in [3.63, 3.8) is 0 Å². The summed E-state index contributed by atoms with van der Waals surface area (Å²) in [5.41, 5.74) is 6.00. The van der Waals surface area contributed by atoms with Gasteiger partial charge in [-0.2, -0.15) is 0 Å². The molecule has 2 N–H and O–H groups in total. The lowest BCUT2D eigenvalue weighted by molar-refractivity contribution is 0.0677. The summed E-state index contributed by atoms with van der Waals surface area (Å²) >= 11 is 0. The Morgan fingerprint density at radius 3 is 2.71 bits per heavy atom. The molecule has 1 aliphatic heterocycles. The monoisotopic (exact) mass is 265 g/mol. The van der Waals surface area contributed by atoms with Crippen molar-refractivity contribution in [3.05, 3.63) is 0 Å². The fourth-order valence-corrected chi connectivity index (χ4v) is 3.96. The maximum Gasteiger partial charge on any atom is 0.150 e. The number of ether oxygens (including phenoxy) is 2. The van der Waals surface area contributed by atoms with E-state index in [0.29, 0.717) is 32.0 Å². The molecule has 102 valence electrons. The van der Waals surface area contributed by atoms with Gasteiger partial charge >= 0.3 is 0 Å². The van der Waals surface area contributed by atoms with E-state index in [1.807, 2.05) is 0 Å². The predicted molar refractivity (Wildman–Crippen MR) is 66.7 cm³/mol. The fourth-order valence-electron chi connectivity index (χ4n) is 2.06. The zero-order chi connectivity index (χ0) is 12.7. The molecule has 17 heavy (non-hydrogen) atoms. The lowest BCUT2D eigenvalue weighted by atomic mass is 9.96. The summed E-state index contributed by atoms with van der Waals surface area (Å²) in [6.07, 6.45) is 2.42. The highest BCUT2D eigenvalue weighted by molar-refractivity contribution is 7.91. The molecule has 2 unspecified atom stereocenters. The maximum absolute atomic E-state index is 11.3. The van der Waals surface area contributed by atoms with Gasteiger partial charge in [-0.25, -0.2) is 8.42 Å². The molecular formula is C11H23NO4S. The highest BCUT2D eigenvalue weighted by atomic mass is 32.2. The molecule has 0 radical (unpaired) electrons. The van der Waals surface area contributed by atoms with Crippen molar-refractivity contribution >= 4 is 9.84 Å². The highest BCUT2D eigenvalue weighted by Gasteiger charge is 2.31. The van der Waals surface area contributed by atoms with Gasteiger partial charge in [0.2, 0.25) is 0 Å². The van der Waals surface area contributed by atoms with Crippen molar-refractivity contribution in [1.29, 1.82) is 0 Å². The first-order valence-electron chi connectivity index (χ1n) is 6.08. The van der Waals surface area contributed by atoms with Gasteiger partial charge < -0.3 is 15.2 Å². The molecule has 0 spiro atoms. The number of sulfone groups is 1. The molecule has 1 fully saturated rings. The summed E-state index contributed by atoms with van der Waals surface area (Å²) in [5.74, 6) is 0.702. The first-order chi connectivity index (χ1) is 8.05. The molecular weight excluding hydrogens is 242 g/mol. The summed E-state index contributed by atoms with van der Waals surface area (Å²) < 4.78 is 32.8. The minimum atomic E-state index is -2.81. The van der Waals surface area contributed by atoms with Crippen LogP contribution in [0.3, 0.4) is 0 Å². The molecule has 1 aliphatic rings. The van der Waals surface area contributed by atoms with E-state index >= 15 is 0 Å². The van der Waals surface area contributed by atoms with Gasteiger partial charge in [0, 0.05) is 19.8 Å². The second kappa shape index (κ2) is 7.31. The molecule has 0 aliphatic carbocycles. The number of rotatable bonds is 8. The van der Waals surface area contributed by atoms with Crippen LogP contribution in [0.15, 0.2) is 0 Å². The fraction of sp³-hybridized carbons (Fsp3) is 1.00. The van der Waals surface area contributed by atoms with E-state index in [0.717, 1.165) is 12.8 Å². The Bertz CT molecular complexity index is 305. The summed E-state index contributed by atoms with van der Waals surface area (Å²) in [4.78, 5) is 0. The van der Waals surface area contributed by atoms with Crippen LogP contribution < -0.4 is 5.73 Å². The third-order valence-electron chi connectivity index (χ3n) is 3.13. The summed E-state index contributed by atoms with van der Waals surface area (Å²) in [6.45, 7) is 1.87. The van der Waals surface area contributed by atoms with Crippen molar-refractivity contribution in [2.24, 2.45) is 11.7 Å². The smallest absolute Gasteiger partial charge is 0.150 e. The zero-order valence-electron chi connectivity index (χ0n) is 10.4. The van der Waals surface area contributed by atoms with Gasteiger partial charge in [0.1, 0.15) is 0 Å². The second-order valence-corrected chi connectivity index (χ2v) is 6.80. The Labute approximate surface area is 104 Å². The Morgan fingerprint density at radius 2 is 2.12 bits per heavy atom. The third kappa shape index (κ3) is 5.81. The average molecular weight is 265 g/mol. The molecule has 0 aromatic heterocycles. The predicted octanol–water partition coefficient (Wildman–Crippen LogP) is 0.192. The first-order valence-corrected chi connectivity index (χ1v) is 7.90. The number of nitrogens with two attached hydrogens (primary N) is 1.